The van der Waals surface area contributed by atoms with Crippen molar-refractivity contribution >= 4 is 11.9 Å². The van der Waals surface area contributed by atoms with Crippen molar-refractivity contribution in [3.05, 3.63) is 29.8 Å². The lowest BCUT2D eigenvalue weighted by atomic mass is 10.2. The predicted molar refractivity (Wildman–Crippen MR) is 66.4 cm³/mol. The molecule has 0 saturated carbocycles. The Hall–Kier alpha value is -1.35. The fourth-order valence-electron chi connectivity index (χ4n) is 1.42. The van der Waals surface area contributed by atoms with E-state index < -0.39 is 0 Å². The minimum absolute atomic E-state index is 0.973. The first-order valence-corrected chi connectivity index (χ1v) is 5.09. The Balaban J connectivity index is 2.71. The second-order valence-electron chi connectivity index (χ2n) is 3.80. The van der Waals surface area contributed by atoms with Crippen LogP contribution in [0.2, 0.25) is 0 Å². The molecule has 0 amide bonds. The highest BCUT2D eigenvalue weighted by molar-refractivity contribution is 5.57. The molecular formula is C12H19N3. The zero-order valence-electron chi connectivity index (χ0n) is 9.94. The fourth-order valence-corrected chi connectivity index (χ4v) is 1.42. The van der Waals surface area contributed by atoms with E-state index in [4.69, 9.17) is 0 Å². The third kappa shape index (κ3) is 3.72. The highest BCUT2D eigenvalue weighted by Gasteiger charge is 1.98. The standard InChI is InChI=1S/C12H19N3/c1-5-13-15(4)12-8-6-11(7-9-12)10-14(2)3/h5-9H,10H2,1-4H3/b13-5-. The maximum Gasteiger partial charge on any atom is 0.0590 e. The molecule has 1 aromatic rings. The molecule has 0 aliphatic carbocycles. The van der Waals surface area contributed by atoms with Gasteiger partial charge in [0, 0.05) is 19.8 Å². The monoisotopic (exact) mass is 205 g/mol. The number of hydrogen-bond donors (Lipinski definition) is 0. The second kappa shape index (κ2) is 5.51. The molecule has 3 heteroatoms. The summed E-state index contributed by atoms with van der Waals surface area (Å²) in [5, 5.41) is 6.04. The fraction of sp³-hybridized carbons (Fsp3) is 0.417. The molecule has 0 heterocycles. The number of benzene rings is 1. The van der Waals surface area contributed by atoms with Crippen LogP contribution in [0, 0.1) is 0 Å². The Morgan fingerprint density at radius 2 is 1.73 bits per heavy atom. The molecule has 0 aliphatic heterocycles. The van der Waals surface area contributed by atoms with Crippen molar-refractivity contribution in [3.63, 3.8) is 0 Å². The SMILES string of the molecule is C/C=N\N(C)c1ccc(CN(C)C)cc1. The van der Waals surface area contributed by atoms with Gasteiger partial charge in [-0.05, 0) is 38.7 Å². The summed E-state index contributed by atoms with van der Waals surface area (Å²) in [6.07, 6.45) is 1.79. The Morgan fingerprint density at radius 1 is 1.13 bits per heavy atom. The summed E-state index contributed by atoms with van der Waals surface area (Å²) in [5.74, 6) is 0. The van der Waals surface area contributed by atoms with Crippen LogP contribution in [0.1, 0.15) is 12.5 Å². The predicted octanol–water partition coefficient (Wildman–Crippen LogP) is 2.19. The van der Waals surface area contributed by atoms with Crippen LogP contribution in [0.3, 0.4) is 0 Å². The third-order valence-corrected chi connectivity index (χ3v) is 2.10. The van der Waals surface area contributed by atoms with E-state index in [1.54, 1.807) is 6.21 Å². The van der Waals surface area contributed by atoms with Crippen molar-refractivity contribution < 1.29 is 0 Å². The van der Waals surface area contributed by atoms with E-state index in [0.717, 1.165) is 12.2 Å². The highest BCUT2D eigenvalue weighted by Crippen LogP contribution is 2.14. The smallest absolute Gasteiger partial charge is 0.0590 e. The summed E-state index contributed by atoms with van der Waals surface area (Å²) in [5.41, 5.74) is 2.42. The molecule has 1 rings (SSSR count). The third-order valence-electron chi connectivity index (χ3n) is 2.10. The molecular weight excluding hydrogens is 186 g/mol. The van der Waals surface area contributed by atoms with Gasteiger partial charge in [-0.1, -0.05) is 12.1 Å². The second-order valence-corrected chi connectivity index (χ2v) is 3.80. The summed E-state index contributed by atoms with van der Waals surface area (Å²) >= 11 is 0. The molecule has 0 aliphatic rings. The van der Waals surface area contributed by atoms with Gasteiger partial charge in [0.15, 0.2) is 0 Å². The number of hydrazone groups is 1. The van der Waals surface area contributed by atoms with Crippen LogP contribution in [0.15, 0.2) is 29.4 Å². The number of hydrogen-bond acceptors (Lipinski definition) is 3. The van der Waals surface area contributed by atoms with Crippen molar-refractivity contribution in [2.24, 2.45) is 5.10 Å². The van der Waals surface area contributed by atoms with Crippen LogP contribution in [0.25, 0.3) is 0 Å². The van der Waals surface area contributed by atoms with Gasteiger partial charge in [0.1, 0.15) is 0 Å². The minimum Gasteiger partial charge on any atom is -0.305 e. The molecule has 0 unspecified atom stereocenters. The lowest BCUT2D eigenvalue weighted by molar-refractivity contribution is 0.402. The summed E-state index contributed by atoms with van der Waals surface area (Å²) < 4.78 is 0. The van der Waals surface area contributed by atoms with Crippen molar-refractivity contribution in [2.75, 3.05) is 26.2 Å². The maximum absolute atomic E-state index is 4.18. The van der Waals surface area contributed by atoms with Gasteiger partial charge >= 0.3 is 0 Å². The Labute approximate surface area is 92.0 Å². The molecule has 82 valence electrons. The zero-order chi connectivity index (χ0) is 11.3. The summed E-state index contributed by atoms with van der Waals surface area (Å²) in [6, 6.07) is 8.45. The Bertz CT molecular complexity index is 314. The molecule has 0 saturated heterocycles. The Morgan fingerprint density at radius 3 is 2.20 bits per heavy atom. The lowest BCUT2D eigenvalue weighted by Crippen LogP contribution is -2.11. The topological polar surface area (TPSA) is 18.8 Å². The van der Waals surface area contributed by atoms with Crippen LogP contribution in [-0.2, 0) is 6.54 Å². The molecule has 0 spiro atoms. The van der Waals surface area contributed by atoms with E-state index in [9.17, 15) is 0 Å². The zero-order valence-corrected chi connectivity index (χ0v) is 9.94. The molecule has 0 radical (unpaired) electrons. The summed E-state index contributed by atoms with van der Waals surface area (Å²) in [6.45, 7) is 2.89. The average Bonchev–Trinajstić information content (AvgIpc) is 2.18. The molecule has 0 fully saturated rings. The van der Waals surface area contributed by atoms with Gasteiger partial charge in [-0.25, -0.2) is 0 Å². The van der Waals surface area contributed by atoms with Crippen molar-refractivity contribution in [1.29, 1.82) is 0 Å². The van der Waals surface area contributed by atoms with E-state index in [-0.39, 0.29) is 0 Å². The van der Waals surface area contributed by atoms with E-state index in [0.29, 0.717) is 0 Å². The number of nitrogens with zero attached hydrogens (tertiary/aromatic N) is 3. The highest BCUT2D eigenvalue weighted by atomic mass is 15.4. The number of rotatable bonds is 4. The molecule has 0 atom stereocenters. The first-order valence-electron chi connectivity index (χ1n) is 5.09. The summed E-state index contributed by atoms with van der Waals surface area (Å²) in [4.78, 5) is 2.16. The van der Waals surface area contributed by atoms with Crippen LogP contribution in [0.4, 0.5) is 5.69 Å². The van der Waals surface area contributed by atoms with Gasteiger partial charge in [0.2, 0.25) is 0 Å². The molecule has 1 aromatic carbocycles. The van der Waals surface area contributed by atoms with Gasteiger partial charge in [-0.3, -0.25) is 5.01 Å². The number of anilines is 1. The largest absolute Gasteiger partial charge is 0.305 e. The lowest BCUT2D eigenvalue weighted by Gasteiger charge is -2.14. The molecule has 15 heavy (non-hydrogen) atoms. The maximum atomic E-state index is 4.18. The van der Waals surface area contributed by atoms with Gasteiger partial charge in [0.25, 0.3) is 0 Å². The van der Waals surface area contributed by atoms with Gasteiger partial charge in [0.05, 0.1) is 5.69 Å². The van der Waals surface area contributed by atoms with Crippen molar-refractivity contribution in [2.45, 2.75) is 13.5 Å². The van der Waals surface area contributed by atoms with Crippen LogP contribution < -0.4 is 5.01 Å². The van der Waals surface area contributed by atoms with Gasteiger partial charge in [-0.15, -0.1) is 0 Å². The van der Waals surface area contributed by atoms with Crippen LogP contribution in [-0.4, -0.2) is 32.3 Å². The molecule has 0 N–H and O–H groups in total. The van der Waals surface area contributed by atoms with Gasteiger partial charge in [-0.2, -0.15) is 5.10 Å². The van der Waals surface area contributed by atoms with Crippen LogP contribution >= 0.6 is 0 Å². The van der Waals surface area contributed by atoms with E-state index in [1.807, 2.05) is 19.0 Å². The molecule has 3 nitrogen and oxygen atoms in total. The quantitative estimate of drug-likeness (QED) is 0.554. The van der Waals surface area contributed by atoms with Gasteiger partial charge < -0.3 is 4.90 Å². The molecule has 0 aromatic heterocycles. The van der Waals surface area contributed by atoms with E-state index >= 15 is 0 Å². The first kappa shape index (κ1) is 11.7. The average molecular weight is 205 g/mol. The van der Waals surface area contributed by atoms with E-state index in [1.165, 1.54) is 5.56 Å². The normalized spacial score (nSPS) is 11.3. The van der Waals surface area contributed by atoms with E-state index in [2.05, 4.69) is 48.4 Å². The minimum atomic E-state index is 0.973. The van der Waals surface area contributed by atoms with Crippen molar-refractivity contribution in [1.82, 2.24) is 4.90 Å². The first-order chi connectivity index (χ1) is 7.13. The molecule has 0 bridgehead atoms. The van der Waals surface area contributed by atoms with Crippen molar-refractivity contribution in [3.8, 4) is 0 Å². The summed E-state index contributed by atoms with van der Waals surface area (Å²) in [7, 11) is 6.09. The van der Waals surface area contributed by atoms with Crippen LogP contribution in [0.5, 0.6) is 0 Å². The Kier molecular flexibility index (Phi) is 4.31.